The van der Waals surface area contributed by atoms with Gasteiger partial charge in [0.1, 0.15) is 16.4 Å². The highest BCUT2D eigenvalue weighted by Gasteiger charge is 2.29. The molecule has 1 N–H and O–H groups in total. The van der Waals surface area contributed by atoms with Crippen molar-refractivity contribution in [1.29, 1.82) is 0 Å². The molecule has 5 rings (SSSR count). The lowest BCUT2D eigenvalue weighted by atomic mass is 10.0. The van der Waals surface area contributed by atoms with Crippen LogP contribution >= 0.6 is 11.3 Å². The summed E-state index contributed by atoms with van der Waals surface area (Å²) in [5, 5.41) is 9.54. The maximum atomic E-state index is 13.6. The molecule has 1 amide bonds. The summed E-state index contributed by atoms with van der Waals surface area (Å²) in [5.41, 5.74) is 5.51. The molecule has 1 aliphatic rings. The molecule has 1 aliphatic heterocycles. The first-order valence-electron chi connectivity index (χ1n) is 11.2. The molecule has 0 aliphatic carbocycles. The van der Waals surface area contributed by atoms with Crippen molar-refractivity contribution < 1.29 is 4.79 Å². The van der Waals surface area contributed by atoms with Gasteiger partial charge in [-0.25, -0.2) is 4.98 Å². The Morgan fingerprint density at radius 3 is 2.70 bits per heavy atom. The van der Waals surface area contributed by atoms with Gasteiger partial charge in [-0.3, -0.25) is 14.9 Å². The molecule has 33 heavy (non-hydrogen) atoms. The van der Waals surface area contributed by atoms with E-state index in [1.54, 1.807) is 12.4 Å². The molecule has 0 bridgehead atoms. The first-order chi connectivity index (χ1) is 15.9. The highest BCUT2D eigenvalue weighted by atomic mass is 32.1. The molecular weight excluding hydrogens is 432 g/mol. The van der Waals surface area contributed by atoms with E-state index >= 15 is 0 Å². The summed E-state index contributed by atoms with van der Waals surface area (Å²) in [5.74, 6) is -0.0132. The monoisotopic (exact) mass is 460 g/mol. The van der Waals surface area contributed by atoms with Gasteiger partial charge >= 0.3 is 0 Å². The van der Waals surface area contributed by atoms with Gasteiger partial charge in [0, 0.05) is 42.5 Å². The summed E-state index contributed by atoms with van der Waals surface area (Å²) in [4.78, 5) is 27.8. The number of amides is 1. The van der Waals surface area contributed by atoms with E-state index in [1.165, 1.54) is 16.9 Å². The zero-order valence-electron chi connectivity index (χ0n) is 19.4. The maximum absolute atomic E-state index is 13.6. The molecule has 4 aromatic rings. The molecule has 0 unspecified atom stereocenters. The van der Waals surface area contributed by atoms with Gasteiger partial charge in [0.05, 0.1) is 10.4 Å². The quantitative estimate of drug-likeness (QED) is 0.484. The minimum Gasteiger partial charge on any atom is -0.337 e. The molecule has 0 saturated carbocycles. The number of rotatable bonds is 4. The highest BCUT2D eigenvalue weighted by Crippen LogP contribution is 2.38. The maximum Gasteiger partial charge on any atom is 0.274 e. The Morgan fingerprint density at radius 2 is 2.00 bits per heavy atom. The lowest BCUT2D eigenvalue weighted by Crippen LogP contribution is -2.44. The van der Waals surface area contributed by atoms with Crippen molar-refractivity contribution in [2.45, 2.75) is 32.7 Å². The van der Waals surface area contributed by atoms with Crippen LogP contribution in [0, 0.1) is 13.8 Å². The fourth-order valence-electron chi connectivity index (χ4n) is 4.63. The van der Waals surface area contributed by atoms with Crippen molar-refractivity contribution in [2.24, 2.45) is 0 Å². The van der Waals surface area contributed by atoms with E-state index in [-0.39, 0.29) is 5.91 Å². The summed E-state index contributed by atoms with van der Waals surface area (Å²) in [7, 11) is 4.21. The normalized spacial score (nSPS) is 15.0. The number of hydrogen-bond acceptors (Lipinski definition) is 6. The molecule has 0 radical (unpaired) electrons. The van der Waals surface area contributed by atoms with Crippen LogP contribution in [0.4, 0.5) is 0 Å². The SMILES string of the molecule is Cc1cc(C)c2[nH]nc(-c3nc(C(=O)N4CCC(N(C)C)CC4)c(-c4cccnc4)s3)c2c1. The van der Waals surface area contributed by atoms with Crippen LogP contribution in [0.25, 0.3) is 32.0 Å². The number of aromatic amines is 1. The Morgan fingerprint density at radius 1 is 1.21 bits per heavy atom. The van der Waals surface area contributed by atoms with Gasteiger partial charge in [-0.1, -0.05) is 17.7 Å². The van der Waals surface area contributed by atoms with Crippen LogP contribution in [0.15, 0.2) is 36.7 Å². The predicted octanol–water partition coefficient (Wildman–Crippen LogP) is 4.53. The molecule has 0 spiro atoms. The standard InChI is InChI=1S/C25H28N6OS/c1-15-12-16(2)20-19(13-15)21(29-28-20)24-27-22(23(33-24)17-6-5-9-26-14-17)25(32)31-10-7-18(8-11-31)30(3)4/h5-6,9,12-14,18H,7-8,10-11H2,1-4H3,(H,28,29). The zero-order chi connectivity index (χ0) is 23.1. The molecule has 8 heteroatoms. The molecule has 7 nitrogen and oxygen atoms in total. The second-order valence-electron chi connectivity index (χ2n) is 9.00. The van der Waals surface area contributed by atoms with Gasteiger partial charge in [0.2, 0.25) is 0 Å². The van der Waals surface area contributed by atoms with E-state index in [0.717, 1.165) is 63.5 Å². The first-order valence-corrected chi connectivity index (χ1v) is 12.1. The lowest BCUT2D eigenvalue weighted by Gasteiger charge is -2.35. The van der Waals surface area contributed by atoms with Crippen LogP contribution < -0.4 is 0 Å². The zero-order valence-corrected chi connectivity index (χ0v) is 20.2. The number of aromatic nitrogens is 4. The van der Waals surface area contributed by atoms with E-state index in [1.807, 2.05) is 17.0 Å². The van der Waals surface area contributed by atoms with Gasteiger partial charge in [-0.2, -0.15) is 5.10 Å². The molecule has 0 atom stereocenters. The Balaban J connectivity index is 1.57. The molecule has 1 fully saturated rings. The van der Waals surface area contributed by atoms with Crippen molar-refractivity contribution in [3.63, 3.8) is 0 Å². The largest absolute Gasteiger partial charge is 0.337 e. The van der Waals surface area contributed by atoms with Crippen molar-refractivity contribution in [2.75, 3.05) is 27.2 Å². The van der Waals surface area contributed by atoms with Crippen LogP contribution in [0.5, 0.6) is 0 Å². The number of pyridine rings is 1. The number of benzene rings is 1. The molecule has 1 aromatic carbocycles. The van der Waals surface area contributed by atoms with Crippen LogP contribution in [0.2, 0.25) is 0 Å². The lowest BCUT2D eigenvalue weighted by molar-refractivity contribution is 0.0659. The van der Waals surface area contributed by atoms with Crippen LogP contribution in [-0.2, 0) is 0 Å². The third kappa shape index (κ3) is 4.05. The number of nitrogens with zero attached hydrogens (tertiary/aromatic N) is 5. The summed E-state index contributed by atoms with van der Waals surface area (Å²) in [6, 6.07) is 8.65. The average molecular weight is 461 g/mol. The van der Waals surface area contributed by atoms with Gasteiger partial charge in [-0.05, 0) is 58.5 Å². The number of H-pyrrole nitrogens is 1. The number of likely N-dealkylation sites (tertiary alicyclic amines) is 1. The minimum atomic E-state index is -0.0132. The van der Waals surface area contributed by atoms with Gasteiger partial charge in [-0.15, -0.1) is 11.3 Å². The van der Waals surface area contributed by atoms with E-state index in [0.29, 0.717) is 11.7 Å². The van der Waals surface area contributed by atoms with Crippen molar-refractivity contribution in [3.8, 4) is 21.1 Å². The van der Waals surface area contributed by atoms with Gasteiger partial charge < -0.3 is 9.80 Å². The topological polar surface area (TPSA) is 78.0 Å². The molecular formula is C25H28N6OS. The number of carbonyl (C=O) groups is 1. The fraction of sp³-hybridized carbons (Fsp3) is 0.360. The number of nitrogens with one attached hydrogen (secondary N) is 1. The third-order valence-electron chi connectivity index (χ3n) is 6.45. The predicted molar refractivity (Wildman–Crippen MR) is 133 cm³/mol. The Labute approximate surface area is 197 Å². The second-order valence-corrected chi connectivity index (χ2v) is 10.0. The van der Waals surface area contributed by atoms with Gasteiger partial charge in [0.25, 0.3) is 5.91 Å². The van der Waals surface area contributed by atoms with Crippen molar-refractivity contribution >= 4 is 28.1 Å². The first kappa shape index (κ1) is 21.7. The average Bonchev–Trinajstić information content (AvgIpc) is 3.44. The van der Waals surface area contributed by atoms with E-state index < -0.39 is 0 Å². The smallest absolute Gasteiger partial charge is 0.274 e. The van der Waals surface area contributed by atoms with Crippen LogP contribution in [0.1, 0.15) is 34.5 Å². The van der Waals surface area contributed by atoms with E-state index in [2.05, 4.69) is 60.2 Å². The molecule has 4 heterocycles. The molecule has 1 saturated heterocycles. The summed E-state index contributed by atoms with van der Waals surface area (Å²) in [6.07, 6.45) is 5.48. The van der Waals surface area contributed by atoms with E-state index in [4.69, 9.17) is 4.98 Å². The third-order valence-corrected chi connectivity index (χ3v) is 7.56. The Bertz CT molecular complexity index is 1300. The number of piperidine rings is 1. The summed E-state index contributed by atoms with van der Waals surface area (Å²) in [6.45, 7) is 5.64. The summed E-state index contributed by atoms with van der Waals surface area (Å²) < 4.78 is 0. The van der Waals surface area contributed by atoms with Crippen molar-refractivity contribution in [1.82, 2.24) is 30.0 Å². The van der Waals surface area contributed by atoms with Gasteiger partial charge in [0.15, 0.2) is 0 Å². The second kappa shape index (κ2) is 8.68. The summed E-state index contributed by atoms with van der Waals surface area (Å²) >= 11 is 1.51. The number of fused-ring (bicyclic) bond motifs is 1. The Hall–Kier alpha value is -3.10. The van der Waals surface area contributed by atoms with Crippen LogP contribution in [-0.4, -0.2) is 69.1 Å². The molecule has 170 valence electrons. The number of carbonyl (C=O) groups excluding carboxylic acids is 1. The van der Waals surface area contributed by atoms with E-state index in [9.17, 15) is 4.79 Å². The fourth-order valence-corrected chi connectivity index (χ4v) is 5.68. The number of hydrogen-bond donors (Lipinski definition) is 1. The van der Waals surface area contributed by atoms with Crippen LogP contribution in [0.3, 0.4) is 0 Å². The van der Waals surface area contributed by atoms with Crippen molar-refractivity contribution in [3.05, 3.63) is 53.5 Å². The highest BCUT2D eigenvalue weighted by molar-refractivity contribution is 7.18. The Kier molecular flexibility index (Phi) is 5.72. The number of thiazole rings is 1. The molecule has 3 aromatic heterocycles. The number of aryl methyl sites for hydroxylation is 2. The minimum absolute atomic E-state index is 0.0132.